The zero-order chi connectivity index (χ0) is 19.9. The molecule has 0 unspecified atom stereocenters. The normalized spacial score (nSPS) is 16.2. The lowest BCUT2D eigenvalue weighted by Gasteiger charge is -2.28. The Morgan fingerprint density at radius 2 is 2.11 bits per heavy atom. The maximum Gasteiger partial charge on any atom is 0.216 e. The molecule has 0 bridgehead atoms. The third kappa shape index (κ3) is 6.57. The van der Waals surface area contributed by atoms with Crippen molar-refractivity contribution in [3.05, 3.63) is 41.7 Å². The van der Waals surface area contributed by atoms with Crippen LogP contribution in [-0.4, -0.2) is 50.6 Å². The molecule has 27 heavy (non-hydrogen) atoms. The van der Waals surface area contributed by atoms with Gasteiger partial charge in [-0.2, -0.15) is 4.31 Å². The fourth-order valence-electron chi connectivity index (χ4n) is 2.64. The van der Waals surface area contributed by atoms with Crippen molar-refractivity contribution in [2.75, 3.05) is 32.8 Å². The van der Waals surface area contributed by atoms with Crippen LogP contribution in [0.5, 0.6) is 5.75 Å². The predicted octanol–water partition coefficient (Wildman–Crippen LogP) is 2.85. The highest BCUT2D eigenvalue weighted by Gasteiger charge is 2.28. The molecule has 0 aliphatic heterocycles. The Kier molecular flexibility index (Phi) is 8.22. The third-order valence-corrected chi connectivity index (χ3v) is 6.36. The highest BCUT2D eigenvalue weighted by molar-refractivity contribution is 7.89. The van der Waals surface area contributed by atoms with Crippen LogP contribution in [0.15, 0.2) is 30.4 Å². The molecule has 0 saturated heterocycles. The molecule has 1 aliphatic carbocycles. The van der Waals surface area contributed by atoms with E-state index in [0.29, 0.717) is 18.1 Å². The number of hydrogen-bond acceptors (Lipinski definition) is 5. The van der Waals surface area contributed by atoms with Crippen LogP contribution < -0.4 is 4.74 Å². The highest BCUT2D eigenvalue weighted by Crippen LogP contribution is 2.32. The number of hydrogen-bond donors (Lipinski definition) is 1. The van der Waals surface area contributed by atoms with E-state index in [-0.39, 0.29) is 31.3 Å². The zero-order valence-electron chi connectivity index (χ0n) is 15.8. The molecule has 2 rings (SSSR count). The number of halogens is 1. The molecule has 0 spiro atoms. The fraction of sp³-hybridized carbons (Fsp3) is 0.579. The number of benzene rings is 1. The SMILES string of the molecule is COCN([C@H](C)c1ccc(F)c(OCC2CC2)c1)S(=O)(=O)CC/C=C/CO. The maximum atomic E-state index is 14.0. The van der Waals surface area contributed by atoms with E-state index >= 15 is 0 Å². The second-order valence-corrected chi connectivity index (χ2v) is 8.72. The molecule has 1 saturated carbocycles. The summed E-state index contributed by atoms with van der Waals surface area (Å²) < 4.78 is 51.3. The van der Waals surface area contributed by atoms with Crippen LogP contribution in [0, 0.1) is 11.7 Å². The summed E-state index contributed by atoms with van der Waals surface area (Å²) in [5.41, 5.74) is 0.633. The molecule has 0 radical (unpaired) electrons. The molecule has 1 fully saturated rings. The molecule has 1 aliphatic rings. The number of ether oxygens (including phenoxy) is 2. The molecule has 1 aromatic carbocycles. The molecule has 6 nitrogen and oxygen atoms in total. The van der Waals surface area contributed by atoms with Crippen LogP contribution in [0.1, 0.15) is 37.8 Å². The molecule has 0 amide bonds. The summed E-state index contributed by atoms with van der Waals surface area (Å²) in [5.74, 6) is 0.0697. The number of aliphatic hydroxyl groups excluding tert-OH is 1. The Bertz CT molecular complexity index is 734. The first-order valence-electron chi connectivity index (χ1n) is 9.05. The third-order valence-electron chi connectivity index (χ3n) is 4.47. The van der Waals surface area contributed by atoms with Crippen LogP contribution in [-0.2, 0) is 14.8 Å². The zero-order valence-corrected chi connectivity index (χ0v) is 16.6. The summed E-state index contributed by atoms with van der Waals surface area (Å²) >= 11 is 0. The Labute approximate surface area is 160 Å². The molecule has 8 heteroatoms. The van der Waals surface area contributed by atoms with Gasteiger partial charge in [-0.15, -0.1) is 0 Å². The molecule has 152 valence electrons. The average molecular weight is 402 g/mol. The van der Waals surface area contributed by atoms with Gasteiger partial charge in [-0.25, -0.2) is 12.8 Å². The van der Waals surface area contributed by atoms with E-state index in [4.69, 9.17) is 14.6 Å². The van der Waals surface area contributed by atoms with Gasteiger partial charge in [0, 0.05) is 13.2 Å². The first-order chi connectivity index (χ1) is 12.9. The van der Waals surface area contributed by atoms with Gasteiger partial charge in [0.2, 0.25) is 10.0 Å². The van der Waals surface area contributed by atoms with Crippen LogP contribution in [0.25, 0.3) is 0 Å². The van der Waals surface area contributed by atoms with Crippen molar-refractivity contribution >= 4 is 10.0 Å². The lowest BCUT2D eigenvalue weighted by Crippen LogP contribution is -2.36. The van der Waals surface area contributed by atoms with Gasteiger partial charge in [0.25, 0.3) is 0 Å². The number of allylic oxidation sites excluding steroid dienone is 1. The molecule has 1 N–H and O–H groups in total. The van der Waals surface area contributed by atoms with Gasteiger partial charge in [-0.1, -0.05) is 18.2 Å². The van der Waals surface area contributed by atoms with Crippen molar-refractivity contribution < 1.29 is 27.4 Å². The van der Waals surface area contributed by atoms with Gasteiger partial charge in [-0.05, 0) is 49.8 Å². The number of aliphatic hydroxyl groups is 1. The first kappa shape index (κ1) is 21.8. The van der Waals surface area contributed by atoms with E-state index in [1.165, 1.54) is 23.6 Å². The van der Waals surface area contributed by atoms with Crippen molar-refractivity contribution in [2.24, 2.45) is 5.92 Å². The van der Waals surface area contributed by atoms with E-state index in [9.17, 15) is 12.8 Å². The topological polar surface area (TPSA) is 76.1 Å². The van der Waals surface area contributed by atoms with Gasteiger partial charge < -0.3 is 14.6 Å². The largest absolute Gasteiger partial charge is 0.490 e. The van der Waals surface area contributed by atoms with E-state index in [0.717, 1.165) is 12.8 Å². The number of rotatable bonds is 12. The Morgan fingerprint density at radius 1 is 1.37 bits per heavy atom. The molecule has 0 aromatic heterocycles. The van der Waals surface area contributed by atoms with E-state index in [1.807, 2.05) is 0 Å². The lowest BCUT2D eigenvalue weighted by molar-refractivity contribution is 0.0974. The van der Waals surface area contributed by atoms with Crippen molar-refractivity contribution in [1.82, 2.24) is 4.31 Å². The summed E-state index contributed by atoms with van der Waals surface area (Å²) in [4.78, 5) is 0. The van der Waals surface area contributed by atoms with Crippen LogP contribution in [0.2, 0.25) is 0 Å². The van der Waals surface area contributed by atoms with Gasteiger partial charge in [0.15, 0.2) is 11.6 Å². The summed E-state index contributed by atoms with van der Waals surface area (Å²) in [5, 5.41) is 8.75. The van der Waals surface area contributed by atoms with Gasteiger partial charge in [0.1, 0.15) is 6.73 Å². The molecule has 1 aromatic rings. The molecule has 1 atom stereocenters. The quantitative estimate of drug-likeness (QED) is 0.431. The highest BCUT2D eigenvalue weighted by atomic mass is 32.2. The molecule has 0 heterocycles. The smallest absolute Gasteiger partial charge is 0.216 e. The second kappa shape index (κ2) is 10.2. The minimum absolute atomic E-state index is 0.108. The number of nitrogens with zero attached hydrogens (tertiary/aromatic N) is 1. The summed E-state index contributed by atoms with van der Waals surface area (Å²) in [6, 6.07) is 3.89. The predicted molar refractivity (Wildman–Crippen MR) is 101 cm³/mol. The van der Waals surface area contributed by atoms with E-state index in [1.54, 1.807) is 25.1 Å². The van der Waals surface area contributed by atoms with Crippen LogP contribution in [0.3, 0.4) is 0 Å². The molecular formula is C19H28FNO5S. The van der Waals surface area contributed by atoms with Crippen molar-refractivity contribution in [3.8, 4) is 5.75 Å². The van der Waals surface area contributed by atoms with Crippen molar-refractivity contribution in [2.45, 2.75) is 32.2 Å². The lowest BCUT2D eigenvalue weighted by atomic mass is 10.1. The standard InChI is InChI=1S/C19H28FNO5S/c1-15(21(14-25-2)27(23,24)11-5-3-4-10-22)17-8-9-18(20)19(12-17)26-13-16-6-7-16/h3-4,8-9,12,15-16,22H,5-7,10-11,13-14H2,1-2H3/b4-3+/t15-/m1/s1. The summed E-state index contributed by atoms with van der Waals surface area (Å²) in [7, 11) is -2.18. The van der Waals surface area contributed by atoms with Crippen molar-refractivity contribution in [3.63, 3.8) is 0 Å². The fourth-order valence-corrected chi connectivity index (χ4v) is 4.17. The molecular weight excluding hydrogens is 373 g/mol. The monoisotopic (exact) mass is 401 g/mol. The van der Waals surface area contributed by atoms with E-state index in [2.05, 4.69) is 0 Å². The van der Waals surface area contributed by atoms with Gasteiger partial charge in [0.05, 0.1) is 19.0 Å². The van der Waals surface area contributed by atoms with Crippen LogP contribution >= 0.6 is 0 Å². The van der Waals surface area contributed by atoms with Crippen LogP contribution in [0.4, 0.5) is 4.39 Å². The minimum Gasteiger partial charge on any atom is -0.490 e. The van der Waals surface area contributed by atoms with Gasteiger partial charge in [-0.3, -0.25) is 0 Å². The Balaban J connectivity index is 2.15. The first-order valence-corrected chi connectivity index (χ1v) is 10.7. The Morgan fingerprint density at radius 3 is 2.74 bits per heavy atom. The summed E-state index contributed by atoms with van der Waals surface area (Å²) in [6.45, 7) is 1.98. The number of sulfonamides is 1. The Hall–Kier alpha value is -1.48. The minimum atomic E-state index is -3.61. The number of methoxy groups -OCH3 is 1. The average Bonchev–Trinajstić information content (AvgIpc) is 3.46. The second-order valence-electron chi connectivity index (χ2n) is 6.68. The van der Waals surface area contributed by atoms with E-state index < -0.39 is 21.9 Å². The van der Waals surface area contributed by atoms with Gasteiger partial charge >= 0.3 is 0 Å². The summed E-state index contributed by atoms with van der Waals surface area (Å²) in [6.07, 6.45) is 5.61. The maximum absolute atomic E-state index is 14.0. The van der Waals surface area contributed by atoms with Crippen molar-refractivity contribution in [1.29, 1.82) is 0 Å².